The first-order valence-corrected chi connectivity index (χ1v) is 13.9. The van der Waals surface area contributed by atoms with E-state index in [2.05, 4.69) is 5.32 Å². The molecule has 1 fully saturated rings. The molecule has 0 spiro atoms. The van der Waals surface area contributed by atoms with E-state index < -0.39 is 26.0 Å². The van der Waals surface area contributed by atoms with E-state index in [9.17, 15) is 21.6 Å². The molecule has 1 aliphatic heterocycles. The number of ether oxygens (including phenoxy) is 2. The molecule has 2 aromatic rings. The molecule has 0 aromatic heterocycles. The van der Waals surface area contributed by atoms with Crippen LogP contribution in [0.1, 0.15) is 18.4 Å². The molecule has 10 nitrogen and oxygen atoms in total. The summed E-state index contributed by atoms with van der Waals surface area (Å²) in [5.41, 5.74) is 0.738. The van der Waals surface area contributed by atoms with Gasteiger partial charge in [0.2, 0.25) is 26.0 Å². The van der Waals surface area contributed by atoms with Crippen LogP contribution in [0.15, 0.2) is 52.3 Å². The lowest BCUT2D eigenvalue weighted by Crippen LogP contribution is -2.45. The molecule has 1 amide bonds. The fourth-order valence-corrected chi connectivity index (χ4v) is 6.27. The Morgan fingerprint density at radius 3 is 2.23 bits per heavy atom. The Labute approximate surface area is 206 Å². The first-order valence-electron chi connectivity index (χ1n) is 11.0. The molecule has 1 saturated heterocycles. The van der Waals surface area contributed by atoms with Crippen LogP contribution in [0.5, 0.6) is 11.5 Å². The summed E-state index contributed by atoms with van der Waals surface area (Å²) >= 11 is 0. The normalized spacial score (nSPS) is 17.2. The van der Waals surface area contributed by atoms with Gasteiger partial charge in [-0.25, -0.2) is 21.1 Å². The maximum atomic E-state index is 13.2. The van der Waals surface area contributed by atoms with Crippen LogP contribution in [-0.2, 0) is 31.4 Å². The number of benzene rings is 2. The minimum atomic E-state index is -3.82. The lowest BCUT2D eigenvalue weighted by Gasteiger charge is -2.31. The van der Waals surface area contributed by atoms with Crippen molar-refractivity contribution in [2.45, 2.75) is 29.2 Å². The van der Waals surface area contributed by atoms with E-state index in [1.807, 2.05) is 0 Å². The monoisotopic (exact) mass is 525 g/mol. The molecule has 35 heavy (non-hydrogen) atoms. The lowest BCUT2D eigenvalue weighted by molar-refractivity contribution is -0.126. The molecule has 0 bridgehead atoms. The number of hydrogen-bond donors (Lipinski definition) is 1. The quantitative estimate of drug-likeness (QED) is 0.528. The van der Waals surface area contributed by atoms with Crippen molar-refractivity contribution < 1.29 is 31.1 Å². The van der Waals surface area contributed by atoms with Crippen molar-refractivity contribution in [3.05, 3.63) is 48.0 Å². The zero-order valence-corrected chi connectivity index (χ0v) is 21.9. The number of nitrogens with zero attached hydrogens (tertiary/aromatic N) is 2. The summed E-state index contributed by atoms with van der Waals surface area (Å²) in [6.07, 6.45) is 1.13. The summed E-state index contributed by atoms with van der Waals surface area (Å²) < 4.78 is 63.6. The average Bonchev–Trinajstić information content (AvgIpc) is 2.86. The first kappa shape index (κ1) is 26.9. The van der Waals surface area contributed by atoms with Crippen molar-refractivity contribution in [3.8, 4) is 11.5 Å². The number of carbonyl (C=O) groups is 1. The number of rotatable bonds is 9. The first-order chi connectivity index (χ1) is 16.5. The van der Waals surface area contributed by atoms with Gasteiger partial charge in [-0.05, 0) is 42.7 Å². The smallest absolute Gasteiger partial charge is 0.243 e. The van der Waals surface area contributed by atoms with E-state index in [0.717, 1.165) is 9.87 Å². The molecule has 0 saturated carbocycles. The van der Waals surface area contributed by atoms with Gasteiger partial charge in [-0.15, -0.1) is 0 Å². The van der Waals surface area contributed by atoms with Crippen LogP contribution in [0.2, 0.25) is 0 Å². The Kier molecular flexibility index (Phi) is 8.42. The highest BCUT2D eigenvalue weighted by molar-refractivity contribution is 7.89. The molecule has 1 aliphatic rings. The van der Waals surface area contributed by atoms with E-state index in [-0.39, 0.29) is 28.8 Å². The second-order valence-electron chi connectivity index (χ2n) is 8.37. The molecule has 1 atom stereocenters. The second kappa shape index (κ2) is 10.9. The number of nitrogens with one attached hydrogen (secondary N) is 1. The van der Waals surface area contributed by atoms with Gasteiger partial charge in [0.1, 0.15) is 0 Å². The van der Waals surface area contributed by atoms with E-state index >= 15 is 0 Å². The Balaban J connectivity index is 1.65. The van der Waals surface area contributed by atoms with Crippen molar-refractivity contribution in [2.75, 3.05) is 41.4 Å². The molecule has 0 aliphatic carbocycles. The highest BCUT2D eigenvalue weighted by atomic mass is 32.2. The largest absolute Gasteiger partial charge is 0.493 e. The fourth-order valence-electron chi connectivity index (χ4n) is 3.82. The number of hydrogen-bond acceptors (Lipinski definition) is 7. The molecular weight excluding hydrogens is 494 g/mol. The topological polar surface area (TPSA) is 122 Å². The summed E-state index contributed by atoms with van der Waals surface area (Å²) in [5.74, 6) is -0.00626. The van der Waals surface area contributed by atoms with Crippen LogP contribution >= 0.6 is 0 Å². The van der Waals surface area contributed by atoms with Crippen molar-refractivity contribution in [1.82, 2.24) is 13.9 Å². The van der Waals surface area contributed by atoms with Gasteiger partial charge in [-0.2, -0.15) is 4.31 Å². The summed E-state index contributed by atoms with van der Waals surface area (Å²) in [5, 5.41) is 2.84. The van der Waals surface area contributed by atoms with Crippen LogP contribution in [0, 0.1) is 5.92 Å². The SMILES string of the molecule is COc1ccc(S(=O)(=O)N2CCCC(C(=O)NCc3ccc(S(=O)(=O)N(C)C)cc3)C2)cc1OC. The average molecular weight is 526 g/mol. The van der Waals surface area contributed by atoms with Gasteiger partial charge in [-0.3, -0.25) is 4.79 Å². The van der Waals surface area contributed by atoms with Crippen LogP contribution < -0.4 is 14.8 Å². The lowest BCUT2D eigenvalue weighted by atomic mass is 9.99. The van der Waals surface area contributed by atoms with Gasteiger partial charge < -0.3 is 14.8 Å². The number of methoxy groups -OCH3 is 2. The predicted octanol–water partition coefficient (Wildman–Crippen LogP) is 1.67. The predicted molar refractivity (Wildman–Crippen MR) is 130 cm³/mol. The number of amides is 1. The maximum Gasteiger partial charge on any atom is 0.243 e. The molecule has 2 aromatic carbocycles. The van der Waals surface area contributed by atoms with Gasteiger partial charge >= 0.3 is 0 Å². The van der Waals surface area contributed by atoms with Gasteiger partial charge in [0.25, 0.3) is 0 Å². The van der Waals surface area contributed by atoms with Gasteiger partial charge in [0, 0.05) is 39.8 Å². The molecule has 1 N–H and O–H groups in total. The van der Waals surface area contributed by atoms with E-state index in [1.165, 1.54) is 63.0 Å². The second-order valence-corrected chi connectivity index (χ2v) is 12.5. The van der Waals surface area contributed by atoms with Crippen molar-refractivity contribution in [3.63, 3.8) is 0 Å². The molecule has 3 rings (SSSR count). The van der Waals surface area contributed by atoms with E-state index in [4.69, 9.17) is 9.47 Å². The zero-order chi connectivity index (χ0) is 25.8. The van der Waals surface area contributed by atoms with Gasteiger partial charge in [0.05, 0.1) is 29.9 Å². The highest BCUT2D eigenvalue weighted by Gasteiger charge is 2.33. The van der Waals surface area contributed by atoms with E-state index in [1.54, 1.807) is 12.1 Å². The molecule has 12 heteroatoms. The Morgan fingerprint density at radius 2 is 1.63 bits per heavy atom. The van der Waals surface area contributed by atoms with Crippen molar-refractivity contribution in [2.24, 2.45) is 5.92 Å². The third-order valence-corrected chi connectivity index (χ3v) is 9.61. The molecule has 1 unspecified atom stereocenters. The molecular formula is C23H31N3O7S2. The molecule has 1 heterocycles. The summed E-state index contributed by atoms with van der Waals surface area (Å²) in [6.45, 7) is 0.602. The Morgan fingerprint density at radius 1 is 1.00 bits per heavy atom. The van der Waals surface area contributed by atoms with Gasteiger partial charge in [-0.1, -0.05) is 12.1 Å². The van der Waals surface area contributed by atoms with Gasteiger partial charge in [0.15, 0.2) is 11.5 Å². The third kappa shape index (κ3) is 5.95. The van der Waals surface area contributed by atoms with Crippen LogP contribution in [0.3, 0.4) is 0 Å². The summed E-state index contributed by atoms with van der Waals surface area (Å²) in [7, 11) is -1.52. The number of sulfonamides is 2. The zero-order valence-electron chi connectivity index (χ0n) is 20.2. The Hall–Kier alpha value is -2.67. The van der Waals surface area contributed by atoms with E-state index in [0.29, 0.717) is 30.9 Å². The third-order valence-electron chi connectivity index (χ3n) is 5.92. The maximum absolute atomic E-state index is 13.2. The fraction of sp³-hybridized carbons (Fsp3) is 0.435. The minimum Gasteiger partial charge on any atom is -0.493 e. The van der Waals surface area contributed by atoms with Crippen LogP contribution in [-0.4, -0.2) is 72.8 Å². The summed E-state index contributed by atoms with van der Waals surface area (Å²) in [6, 6.07) is 10.7. The van der Waals surface area contributed by atoms with Crippen LogP contribution in [0.4, 0.5) is 0 Å². The summed E-state index contributed by atoms with van der Waals surface area (Å²) in [4.78, 5) is 13.0. The Bertz CT molecular complexity index is 1260. The minimum absolute atomic E-state index is 0.0720. The highest BCUT2D eigenvalue weighted by Crippen LogP contribution is 2.32. The van der Waals surface area contributed by atoms with Crippen molar-refractivity contribution in [1.29, 1.82) is 0 Å². The molecule has 192 valence electrons. The standard InChI is InChI=1S/C23H31N3O7S2/c1-25(2)34(28,29)19-9-7-17(8-10-19)15-24-23(27)18-6-5-13-26(16-18)35(30,31)20-11-12-21(32-3)22(14-20)33-4/h7-12,14,18H,5-6,13,15-16H2,1-4H3,(H,24,27). The van der Waals surface area contributed by atoms with Crippen LogP contribution in [0.25, 0.3) is 0 Å². The number of piperidine rings is 1. The van der Waals surface area contributed by atoms with Crippen molar-refractivity contribution >= 4 is 26.0 Å². The number of carbonyl (C=O) groups excluding carboxylic acids is 1. The molecule has 0 radical (unpaired) electrons.